The van der Waals surface area contributed by atoms with Crippen LogP contribution in [0.2, 0.25) is 0 Å². The lowest BCUT2D eigenvalue weighted by molar-refractivity contribution is -0.711. The molecule has 4 heteroatoms. The minimum atomic E-state index is -0.277. The van der Waals surface area contributed by atoms with Gasteiger partial charge in [-0.1, -0.05) is 47.1 Å². The van der Waals surface area contributed by atoms with Crippen LogP contribution in [0.15, 0.2) is 56.1 Å². The van der Waals surface area contributed by atoms with Gasteiger partial charge in [-0.2, -0.15) is 0 Å². The fourth-order valence-electron chi connectivity index (χ4n) is 3.21. The Morgan fingerprint density at radius 3 is 2.52 bits per heavy atom. The number of hydrogen-bond acceptors (Lipinski definition) is 2. The van der Waals surface area contributed by atoms with Gasteiger partial charge in [-0.3, -0.25) is 0 Å². The zero-order valence-electron chi connectivity index (χ0n) is 14.8. The molecule has 0 saturated heterocycles. The van der Waals surface area contributed by atoms with E-state index >= 15 is 0 Å². The fraction of sp³-hybridized carbons (Fsp3) is 0.286. The molecule has 1 heterocycles. The first-order chi connectivity index (χ1) is 12.0. The van der Waals surface area contributed by atoms with Crippen molar-refractivity contribution in [3.8, 4) is 0 Å². The second-order valence-electron chi connectivity index (χ2n) is 6.48. The maximum Gasteiger partial charge on any atom is 0.336 e. The largest absolute Gasteiger partial charge is 0.422 e. The normalized spacial score (nSPS) is 12.5. The quantitative estimate of drug-likeness (QED) is 0.645. The van der Waals surface area contributed by atoms with Crippen molar-refractivity contribution in [3.05, 3.63) is 79.6 Å². The number of hydrogen-bond donors (Lipinski definition) is 1. The molecule has 0 amide bonds. The number of quaternary nitrogens is 1. The Labute approximate surface area is 156 Å². The van der Waals surface area contributed by atoms with Crippen molar-refractivity contribution in [2.24, 2.45) is 0 Å². The molecule has 0 spiro atoms. The third-order valence-electron chi connectivity index (χ3n) is 4.88. The van der Waals surface area contributed by atoms with E-state index in [1.54, 1.807) is 6.07 Å². The van der Waals surface area contributed by atoms with Crippen LogP contribution in [0, 0.1) is 13.8 Å². The van der Waals surface area contributed by atoms with Crippen LogP contribution in [-0.2, 0) is 6.54 Å². The molecule has 0 fully saturated rings. The highest BCUT2D eigenvalue weighted by molar-refractivity contribution is 9.10. The topological polar surface area (TPSA) is 46.8 Å². The predicted octanol–water partition coefficient (Wildman–Crippen LogP) is 4.39. The summed E-state index contributed by atoms with van der Waals surface area (Å²) < 4.78 is 6.56. The number of nitrogens with two attached hydrogens (primary N) is 1. The lowest BCUT2D eigenvalue weighted by atomic mass is 10.0. The maximum absolute atomic E-state index is 12.0. The molecule has 1 aromatic heterocycles. The number of halogens is 1. The highest BCUT2D eigenvalue weighted by Crippen LogP contribution is 2.23. The Balaban J connectivity index is 1.91. The second kappa shape index (κ2) is 7.54. The van der Waals surface area contributed by atoms with E-state index in [2.05, 4.69) is 64.6 Å². The van der Waals surface area contributed by atoms with Gasteiger partial charge in [0.05, 0.1) is 0 Å². The van der Waals surface area contributed by atoms with Crippen LogP contribution in [0.25, 0.3) is 11.0 Å². The van der Waals surface area contributed by atoms with Crippen molar-refractivity contribution in [1.29, 1.82) is 0 Å². The summed E-state index contributed by atoms with van der Waals surface area (Å²) in [4.78, 5) is 12.0. The fourth-order valence-corrected chi connectivity index (χ4v) is 3.48. The molecular formula is C21H23BrNO2+. The van der Waals surface area contributed by atoms with Crippen LogP contribution in [0.1, 0.15) is 41.6 Å². The van der Waals surface area contributed by atoms with Crippen molar-refractivity contribution in [1.82, 2.24) is 0 Å². The number of fused-ring (bicyclic) bond motifs is 1. The summed E-state index contributed by atoms with van der Waals surface area (Å²) in [6.45, 7) is 6.98. The van der Waals surface area contributed by atoms with Crippen LogP contribution in [-0.4, -0.2) is 0 Å². The third kappa shape index (κ3) is 3.86. The summed E-state index contributed by atoms with van der Waals surface area (Å²) in [5, 5.41) is 3.33. The SMILES string of the molecule is CC[C@H]([NH2+]Cc1cc(=O)oc2c(C)c(C)ccc12)c1ccc(Br)cc1. The maximum atomic E-state index is 12.0. The van der Waals surface area contributed by atoms with Gasteiger partial charge in [0.25, 0.3) is 0 Å². The first-order valence-electron chi connectivity index (χ1n) is 8.61. The molecule has 2 N–H and O–H groups in total. The molecule has 130 valence electrons. The van der Waals surface area contributed by atoms with Gasteiger partial charge in [0.15, 0.2) is 0 Å². The zero-order valence-corrected chi connectivity index (χ0v) is 16.4. The van der Waals surface area contributed by atoms with Crippen molar-refractivity contribution in [3.63, 3.8) is 0 Å². The van der Waals surface area contributed by atoms with Gasteiger partial charge in [0, 0.05) is 33.5 Å². The van der Waals surface area contributed by atoms with Gasteiger partial charge in [0.1, 0.15) is 18.2 Å². The molecule has 0 aliphatic rings. The molecule has 0 bridgehead atoms. The van der Waals surface area contributed by atoms with Gasteiger partial charge in [0.2, 0.25) is 0 Å². The van der Waals surface area contributed by atoms with E-state index in [9.17, 15) is 4.79 Å². The lowest BCUT2D eigenvalue weighted by Crippen LogP contribution is -2.83. The summed E-state index contributed by atoms with van der Waals surface area (Å²) in [6, 6.07) is 14.6. The van der Waals surface area contributed by atoms with Crippen molar-refractivity contribution >= 4 is 26.9 Å². The van der Waals surface area contributed by atoms with E-state index in [1.807, 2.05) is 13.8 Å². The molecule has 3 nitrogen and oxygen atoms in total. The number of benzene rings is 2. The van der Waals surface area contributed by atoms with Gasteiger partial charge in [-0.05, 0) is 37.1 Å². The van der Waals surface area contributed by atoms with Crippen molar-refractivity contribution < 1.29 is 9.73 Å². The molecule has 25 heavy (non-hydrogen) atoms. The monoisotopic (exact) mass is 400 g/mol. The lowest BCUT2D eigenvalue weighted by Gasteiger charge is -2.15. The predicted molar refractivity (Wildman–Crippen MR) is 105 cm³/mol. The number of rotatable bonds is 5. The highest BCUT2D eigenvalue weighted by Gasteiger charge is 2.15. The van der Waals surface area contributed by atoms with Crippen LogP contribution >= 0.6 is 15.9 Å². The summed E-state index contributed by atoms with van der Waals surface area (Å²) in [6.07, 6.45) is 1.03. The van der Waals surface area contributed by atoms with E-state index in [-0.39, 0.29) is 5.63 Å². The van der Waals surface area contributed by atoms with E-state index < -0.39 is 0 Å². The van der Waals surface area contributed by atoms with E-state index in [1.165, 1.54) is 5.56 Å². The van der Waals surface area contributed by atoms with E-state index in [0.717, 1.165) is 39.5 Å². The molecule has 0 saturated carbocycles. The average Bonchev–Trinajstić information content (AvgIpc) is 2.60. The minimum absolute atomic E-state index is 0.277. The Hall–Kier alpha value is -1.91. The molecule has 1 atom stereocenters. The summed E-state index contributed by atoms with van der Waals surface area (Å²) in [5.41, 5.74) is 4.94. The van der Waals surface area contributed by atoms with Crippen LogP contribution in [0.4, 0.5) is 0 Å². The van der Waals surface area contributed by atoms with Gasteiger partial charge < -0.3 is 9.73 Å². The summed E-state index contributed by atoms with van der Waals surface area (Å²) in [5.74, 6) is 0. The Bertz CT molecular complexity index is 945. The Morgan fingerprint density at radius 2 is 1.84 bits per heavy atom. The average molecular weight is 401 g/mol. The smallest absolute Gasteiger partial charge is 0.336 e. The molecule has 3 aromatic rings. The van der Waals surface area contributed by atoms with Crippen molar-refractivity contribution in [2.45, 2.75) is 39.8 Å². The Morgan fingerprint density at radius 1 is 1.12 bits per heavy atom. The third-order valence-corrected chi connectivity index (χ3v) is 5.41. The first kappa shape index (κ1) is 17.9. The minimum Gasteiger partial charge on any atom is -0.422 e. The molecule has 2 aromatic carbocycles. The zero-order chi connectivity index (χ0) is 18.0. The van der Waals surface area contributed by atoms with Gasteiger partial charge in [-0.15, -0.1) is 0 Å². The molecule has 3 rings (SSSR count). The number of aryl methyl sites for hydroxylation is 2. The standard InChI is InChI=1S/C21H22BrNO2/c1-4-19(15-6-8-17(22)9-7-15)23-12-16-11-20(24)25-21-14(3)13(2)5-10-18(16)21/h5-11,19,23H,4,12H2,1-3H3/p+1/t19-/m0/s1. The van der Waals surface area contributed by atoms with Crippen LogP contribution in [0.5, 0.6) is 0 Å². The van der Waals surface area contributed by atoms with Crippen LogP contribution < -0.4 is 10.9 Å². The van der Waals surface area contributed by atoms with Crippen molar-refractivity contribution in [2.75, 3.05) is 0 Å². The van der Waals surface area contributed by atoms with E-state index in [0.29, 0.717) is 11.6 Å². The highest BCUT2D eigenvalue weighted by atomic mass is 79.9. The van der Waals surface area contributed by atoms with Gasteiger partial charge in [-0.25, -0.2) is 4.79 Å². The summed E-state index contributed by atoms with van der Waals surface area (Å²) >= 11 is 3.48. The van der Waals surface area contributed by atoms with Crippen LogP contribution in [0.3, 0.4) is 0 Å². The molecule has 0 unspecified atom stereocenters. The first-order valence-corrected chi connectivity index (χ1v) is 9.40. The van der Waals surface area contributed by atoms with Gasteiger partial charge >= 0.3 is 5.63 Å². The van der Waals surface area contributed by atoms with E-state index in [4.69, 9.17) is 4.42 Å². The molecule has 0 aliphatic heterocycles. The Kier molecular flexibility index (Phi) is 5.40. The molecular weight excluding hydrogens is 378 g/mol. The molecule has 0 aliphatic carbocycles. The summed E-state index contributed by atoms with van der Waals surface area (Å²) in [7, 11) is 0. The second-order valence-corrected chi connectivity index (χ2v) is 7.40. The molecule has 0 radical (unpaired) electrons.